The van der Waals surface area contributed by atoms with E-state index >= 15 is 0 Å². The van der Waals surface area contributed by atoms with Crippen LogP contribution in [0.1, 0.15) is 33.1 Å². The quantitative estimate of drug-likeness (QED) is 0.800. The monoisotopic (exact) mass is 245 g/mol. The Kier molecular flexibility index (Phi) is 3.08. The first kappa shape index (κ1) is 12.4. The zero-order valence-electron chi connectivity index (χ0n) is 10.3. The average Bonchev–Trinajstić information content (AvgIpc) is 2.05. The molecule has 0 radical (unpaired) electrons. The van der Waals surface area contributed by atoms with Crippen LogP contribution in [0.3, 0.4) is 0 Å². The molecule has 2 unspecified atom stereocenters. The molecule has 0 aromatic carbocycles. The molecule has 3 nitrogen and oxygen atoms in total. The van der Waals surface area contributed by atoms with Crippen LogP contribution in [0.2, 0.25) is 0 Å². The standard InChI is InChI=1S/C12H23NO2S/c1-12(2)5-9-7-16(14,15)8-10(6-12)11(9)3-4-13/h9-11H,3-8,13H2,1-2H3. The Morgan fingerprint density at radius 3 is 2.12 bits per heavy atom. The van der Waals surface area contributed by atoms with Gasteiger partial charge in [-0.2, -0.15) is 0 Å². The summed E-state index contributed by atoms with van der Waals surface area (Å²) in [6.07, 6.45) is 3.10. The fourth-order valence-corrected chi connectivity index (χ4v) is 6.11. The number of rotatable bonds is 2. The lowest BCUT2D eigenvalue weighted by Gasteiger charge is -2.49. The van der Waals surface area contributed by atoms with E-state index in [1.165, 1.54) is 0 Å². The van der Waals surface area contributed by atoms with Crippen LogP contribution < -0.4 is 5.73 Å². The van der Waals surface area contributed by atoms with Crippen molar-refractivity contribution in [2.24, 2.45) is 28.9 Å². The highest BCUT2D eigenvalue weighted by Gasteiger charge is 2.47. The maximum atomic E-state index is 11.8. The zero-order chi connectivity index (χ0) is 12.0. The molecule has 0 amide bonds. The van der Waals surface area contributed by atoms with Gasteiger partial charge in [-0.15, -0.1) is 0 Å². The van der Waals surface area contributed by atoms with Crippen molar-refractivity contribution in [3.05, 3.63) is 0 Å². The second kappa shape index (κ2) is 3.98. The van der Waals surface area contributed by atoms with E-state index in [-0.39, 0.29) is 0 Å². The summed E-state index contributed by atoms with van der Waals surface area (Å²) >= 11 is 0. The van der Waals surface area contributed by atoms with E-state index in [0.29, 0.717) is 41.2 Å². The summed E-state index contributed by atoms with van der Waals surface area (Å²) < 4.78 is 23.6. The van der Waals surface area contributed by atoms with Crippen molar-refractivity contribution in [1.29, 1.82) is 0 Å². The summed E-state index contributed by atoms with van der Waals surface area (Å²) in [7, 11) is -2.78. The number of fused-ring (bicyclic) bond motifs is 2. The maximum absolute atomic E-state index is 11.8. The van der Waals surface area contributed by atoms with E-state index in [9.17, 15) is 8.42 Å². The van der Waals surface area contributed by atoms with Crippen LogP contribution >= 0.6 is 0 Å². The highest BCUT2D eigenvalue weighted by molar-refractivity contribution is 7.91. The van der Waals surface area contributed by atoms with Crippen LogP contribution in [0, 0.1) is 23.2 Å². The van der Waals surface area contributed by atoms with Crippen LogP contribution in [0.4, 0.5) is 0 Å². The number of nitrogens with two attached hydrogens (primary N) is 1. The topological polar surface area (TPSA) is 60.2 Å². The Morgan fingerprint density at radius 2 is 1.69 bits per heavy atom. The number of hydrogen-bond donors (Lipinski definition) is 1. The minimum Gasteiger partial charge on any atom is -0.330 e. The largest absolute Gasteiger partial charge is 0.330 e. The fraction of sp³-hybridized carbons (Fsp3) is 1.00. The molecule has 94 valence electrons. The molecule has 2 aliphatic rings. The highest BCUT2D eigenvalue weighted by atomic mass is 32.2. The van der Waals surface area contributed by atoms with Crippen molar-refractivity contribution in [2.75, 3.05) is 18.1 Å². The first-order valence-corrected chi connectivity index (χ1v) is 8.06. The van der Waals surface area contributed by atoms with Crippen LogP contribution in [-0.4, -0.2) is 26.5 Å². The predicted molar refractivity (Wildman–Crippen MR) is 65.8 cm³/mol. The van der Waals surface area contributed by atoms with Crippen molar-refractivity contribution in [2.45, 2.75) is 33.1 Å². The van der Waals surface area contributed by atoms with E-state index in [0.717, 1.165) is 19.3 Å². The van der Waals surface area contributed by atoms with Crippen molar-refractivity contribution >= 4 is 9.84 Å². The highest BCUT2D eigenvalue weighted by Crippen LogP contribution is 2.49. The maximum Gasteiger partial charge on any atom is 0.150 e. The first-order chi connectivity index (χ1) is 7.33. The van der Waals surface area contributed by atoms with Gasteiger partial charge >= 0.3 is 0 Å². The molecule has 2 bridgehead atoms. The third-order valence-electron chi connectivity index (χ3n) is 4.28. The van der Waals surface area contributed by atoms with Gasteiger partial charge in [-0.1, -0.05) is 13.8 Å². The van der Waals surface area contributed by atoms with Crippen molar-refractivity contribution in [3.8, 4) is 0 Å². The van der Waals surface area contributed by atoms with Crippen molar-refractivity contribution < 1.29 is 8.42 Å². The van der Waals surface area contributed by atoms with Gasteiger partial charge in [0.2, 0.25) is 0 Å². The van der Waals surface area contributed by atoms with Crippen molar-refractivity contribution in [3.63, 3.8) is 0 Å². The summed E-state index contributed by atoms with van der Waals surface area (Å²) in [4.78, 5) is 0. The molecule has 1 aliphatic carbocycles. The number of hydrogen-bond acceptors (Lipinski definition) is 3. The molecule has 2 rings (SSSR count). The van der Waals surface area contributed by atoms with Gasteiger partial charge in [0.15, 0.2) is 9.84 Å². The molecule has 16 heavy (non-hydrogen) atoms. The third-order valence-corrected chi connectivity index (χ3v) is 6.15. The molecule has 2 fully saturated rings. The minimum atomic E-state index is -2.78. The van der Waals surface area contributed by atoms with Gasteiger partial charge in [0.05, 0.1) is 11.5 Å². The van der Waals surface area contributed by atoms with E-state index in [2.05, 4.69) is 13.8 Å². The SMILES string of the molecule is CC1(C)CC2CS(=O)(=O)CC(C1)C2CCN. The van der Waals surface area contributed by atoms with Crippen LogP contribution in [0.5, 0.6) is 0 Å². The lowest BCUT2D eigenvalue weighted by molar-refractivity contribution is 0.0659. The molecule has 1 saturated carbocycles. The number of sulfone groups is 1. The second-order valence-electron chi connectivity index (χ2n) is 6.41. The van der Waals surface area contributed by atoms with Crippen molar-refractivity contribution in [1.82, 2.24) is 0 Å². The van der Waals surface area contributed by atoms with E-state index in [4.69, 9.17) is 5.73 Å². The molecule has 2 N–H and O–H groups in total. The average molecular weight is 245 g/mol. The Balaban J connectivity index is 2.23. The summed E-state index contributed by atoms with van der Waals surface area (Å²) in [5, 5.41) is 0. The van der Waals surface area contributed by atoms with Gasteiger partial charge in [-0.3, -0.25) is 0 Å². The second-order valence-corrected chi connectivity index (χ2v) is 8.56. The van der Waals surface area contributed by atoms with Gasteiger partial charge in [0.25, 0.3) is 0 Å². The van der Waals surface area contributed by atoms with E-state index in [1.54, 1.807) is 0 Å². The zero-order valence-corrected chi connectivity index (χ0v) is 11.1. The predicted octanol–water partition coefficient (Wildman–Crippen LogP) is 1.43. The lowest BCUT2D eigenvalue weighted by Crippen LogP contribution is -2.48. The Hall–Kier alpha value is -0.0900. The molecule has 0 spiro atoms. The minimum absolute atomic E-state index is 0.316. The van der Waals surface area contributed by atoms with Crippen LogP contribution in [-0.2, 0) is 9.84 Å². The summed E-state index contributed by atoms with van der Waals surface area (Å²) in [6, 6.07) is 0. The molecule has 1 saturated heterocycles. The van der Waals surface area contributed by atoms with E-state index < -0.39 is 9.84 Å². The summed E-state index contributed by atoms with van der Waals surface area (Å²) in [6.45, 7) is 5.23. The molecule has 0 aromatic rings. The first-order valence-electron chi connectivity index (χ1n) is 6.23. The Labute approximate surface area is 98.7 Å². The van der Waals surface area contributed by atoms with Crippen LogP contribution in [0.15, 0.2) is 0 Å². The Bertz CT molecular complexity index is 337. The van der Waals surface area contributed by atoms with E-state index in [1.807, 2.05) is 0 Å². The molecule has 2 atom stereocenters. The lowest BCUT2D eigenvalue weighted by atomic mass is 9.62. The molecular formula is C12H23NO2S. The van der Waals surface area contributed by atoms with Gasteiger partial charge < -0.3 is 5.73 Å². The molecule has 0 aromatic heterocycles. The van der Waals surface area contributed by atoms with Gasteiger partial charge in [-0.25, -0.2) is 8.42 Å². The molecule has 4 heteroatoms. The molecule has 1 aliphatic heterocycles. The fourth-order valence-electron chi connectivity index (χ4n) is 3.94. The molecular weight excluding hydrogens is 222 g/mol. The summed E-state index contributed by atoms with van der Waals surface area (Å²) in [5.74, 6) is 2.07. The third kappa shape index (κ3) is 2.43. The summed E-state index contributed by atoms with van der Waals surface area (Å²) in [5.41, 5.74) is 5.96. The van der Waals surface area contributed by atoms with Gasteiger partial charge in [0, 0.05) is 0 Å². The smallest absolute Gasteiger partial charge is 0.150 e. The van der Waals surface area contributed by atoms with Crippen LogP contribution in [0.25, 0.3) is 0 Å². The normalized spacial score (nSPS) is 40.6. The molecule has 1 heterocycles. The Morgan fingerprint density at radius 1 is 1.19 bits per heavy atom. The van der Waals surface area contributed by atoms with Gasteiger partial charge in [0.1, 0.15) is 0 Å². The van der Waals surface area contributed by atoms with Gasteiger partial charge in [-0.05, 0) is 49.0 Å².